The minimum absolute atomic E-state index is 0.238. The van der Waals surface area contributed by atoms with Crippen LogP contribution in [0.1, 0.15) is 32.2 Å². The Labute approximate surface area is 119 Å². The Morgan fingerprint density at radius 2 is 1.95 bits per heavy atom. The van der Waals surface area contributed by atoms with Crippen molar-refractivity contribution < 1.29 is 5.11 Å². The van der Waals surface area contributed by atoms with Crippen molar-refractivity contribution in [1.82, 2.24) is 4.98 Å². The SMILES string of the molecule is CCC(O)(Cc1nc(-c2ccccc2)cs1)C(C)C. The second-order valence-electron chi connectivity index (χ2n) is 5.28. The highest BCUT2D eigenvalue weighted by Gasteiger charge is 2.30. The monoisotopic (exact) mass is 275 g/mol. The van der Waals surface area contributed by atoms with E-state index in [1.807, 2.05) is 25.1 Å². The topological polar surface area (TPSA) is 33.1 Å². The van der Waals surface area contributed by atoms with E-state index in [2.05, 4.69) is 36.3 Å². The maximum Gasteiger partial charge on any atom is 0.0961 e. The van der Waals surface area contributed by atoms with Gasteiger partial charge in [0.25, 0.3) is 0 Å². The molecule has 0 aliphatic carbocycles. The Morgan fingerprint density at radius 3 is 2.53 bits per heavy atom. The van der Waals surface area contributed by atoms with E-state index in [-0.39, 0.29) is 5.92 Å². The number of nitrogens with zero attached hydrogens (tertiary/aromatic N) is 1. The molecule has 0 aliphatic heterocycles. The predicted molar refractivity (Wildman–Crippen MR) is 81.3 cm³/mol. The van der Waals surface area contributed by atoms with Gasteiger partial charge in [0.1, 0.15) is 0 Å². The van der Waals surface area contributed by atoms with Gasteiger partial charge in [0, 0.05) is 17.4 Å². The van der Waals surface area contributed by atoms with Crippen LogP contribution in [-0.4, -0.2) is 15.7 Å². The molecule has 2 aromatic rings. The molecule has 0 spiro atoms. The fourth-order valence-electron chi connectivity index (χ4n) is 2.13. The molecule has 0 saturated heterocycles. The van der Waals surface area contributed by atoms with Gasteiger partial charge < -0.3 is 5.11 Å². The zero-order valence-corrected chi connectivity index (χ0v) is 12.6. The molecule has 2 rings (SSSR count). The Morgan fingerprint density at radius 1 is 1.26 bits per heavy atom. The molecule has 1 aromatic carbocycles. The van der Waals surface area contributed by atoms with Crippen LogP contribution in [0, 0.1) is 5.92 Å². The summed E-state index contributed by atoms with van der Waals surface area (Å²) < 4.78 is 0. The fourth-order valence-corrected chi connectivity index (χ4v) is 3.05. The summed E-state index contributed by atoms with van der Waals surface area (Å²) in [5, 5.41) is 13.7. The van der Waals surface area contributed by atoms with Crippen LogP contribution in [0.4, 0.5) is 0 Å². The average Bonchev–Trinajstić information content (AvgIpc) is 2.87. The predicted octanol–water partition coefficient (Wildman–Crippen LogP) is 4.15. The van der Waals surface area contributed by atoms with E-state index in [4.69, 9.17) is 0 Å². The summed E-state index contributed by atoms with van der Waals surface area (Å²) in [6.45, 7) is 6.16. The van der Waals surface area contributed by atoms with Gasteiger partial charge in [-0.2, -0.15) is 0 Å². The zero-order valence-electron chi connectivity index (χ0n) is 11.8. The van der Waals surface area contributed by atoms with Gasteiger partial charge in [0.05, 0.1) is 16.3 Å². The van der Waals surface area contributed by atoms with Crippen LogP contribution in [0.5, 0.6) is 0 Å². The quantitative estimate of drug-likeness (QED) is 0.889. The fraction of sp³-hybridized carbons (Fsp3) is 0.438. The summed E-state index contributed by atoms with van der Waals surface area (Å²) in [4.78, 5) is 4.65. The third-order valence-electron chi connectivity index (χ3n) is 3.77. The molecule has 19 heavy (non-hydrogen) atoms. The van der Waals surface area contributed by atoms with E-state index in [9.17, 15) is 5.11 Å². The van der Waals surface area contributed by atoms with Crippen molar-refractivity contribution >= 4 is 11.3 Å². The molecule has 0 amide bonds. The van der Waals surface area contributed by atoms with E-state index in [0.717, 1.165) is 22.7 Å². The summed E-state index contributed by atoms with van der Waals surface area (Å²) in [5.74, 6) is 0.238. The number of aromatic nitrogens is 1. The van der Waals surface area contributed by atoms with Crippen LogP contribution >= 0.6 is 11.3 Å². The third kappa shape index (κ3) is 3.23. The first-order valence-electron chi connectivity index (χ1n) is 6.77. The van der Waals surface area contributed by atoms with Crippen LogP contribution in [0.25, 0.3) is 11.3 Å². The lowest BCUT2D eigenvalue weighted by atomic mass is 9.85. The largest absolute Gasteiger partial charge is 0.389 e. The number of hydrogen-bond acceptors (Lipinski definition) is 3. The number of rotatable bonds is 5. The molecule has 1 heterocycles. The van der Waals surface area contributed by atoms with Crippen molar-refractivity contribution in [2.75, 3.05) is 0 Å². The second kappa shape index (κ2) is 5.85. The molecule has 1 aromatic heterocycles. The second-order valence-corrected chi connectivity index (χ2v) is 6.22. The molecule has 1 unspecified atom stereocenters. The van der Waals surface area contributed by atoms with Gasteiger partial charge in [-0.25, -0.2) is 4.98 Å². The van der Waals surface area contributed by atoms with Crippen LogP contribution in [-0.2, 0) is 6.42 Å². The standard InChI is InChI=1S/C16H21NOS/c1-4-16(18,12(2)3)10-15-17-14(11-19-15)13-8-6-5-7-9-13/h5-9,11-12,18H,4,10H2,1-3H3. The molecule has 0 aliphatic rings. The maximum absolute atomic E-state index is 10.6. The van der Waals surface area contributed by atoms with Crippen molar-refractivity contribution in [2.45, 2.75) is 39.2 Å². The zero-order chi connectivity index (χ0) is 13.9. The summed E-state index contributed by atoms with van der Waals surface area (Å²) in [5.41, 5.74) is 1.49. The Kier molecular flexibility index (Phi) is 4.38. The normalized spacial score (nSPS) is 14.6. The summed E-state index contributed by atoms with van der Waals surface area (Å²) in [7, 11) is 0. The molecule has 1 atom stereocenters. The van der Waals surface area contributed by atoms with Crippen molar-refractivity contribution in [3.63, 3.8) is 0 Å². The Bertz CT molecular complexity index is 521. The lowest BCUT2D eigenvalue weighted by Crippen LogP contribution is -2.36. The van der Waals surface area contributed by atoms with Gasteiger partial charge >= 0.3 is 0 Å². The summed E-state index contributed by atoms with van der Waals surface area (Å²) >= 11 is 1.63. The lowest BCUT2D eigenvalue weighted by molar-refractivity contribution is -0.00830. The van der Waals surface area contributed by atoms with Crippen molar-refractivity contribution in [2.24, 2.45) is 5.92 Å². The number of aliphatic hydroxyl groups is 1. The number of thiazole rings is 1. The summed E-state index contributed by atoms with van der Waals surface area (Å²) in [6, 6.07) is 10.2. The first-order chi connectivity index (χ1) is 9.05. The maximum atomic E-state index is 10.6. The lowest BCUT2D eigenvalue weighted by Gasteiger charge is -2.30. The van der Waals surface area contributed by atoms with E-state index >= 15 is 0 Å². The molecule has 102 valence electrons. The first kappa shape index (κ1) is 14.2. The van der Waals surface area contributed by atoms with Crippen LogP contribution in [0.3, 0.4) is 0 Å². The van der Waals surface area contributed by atoms with Crippen LogP contribution < -0.4 is 0 Å². The van der Waals surface area contributed by atoms with E-state index < -0.39 is 5.60 Å². The van der Waals surface area contributed by atoms with Gasteiger partial charge in [-0.1, -0.05) is 51.1 Å². The molecule has 0 radical (unpaired) electrons. The number of benzene rings is 1. The molecule has 0 saturated carbocycles. The highest BCUT2D eigenvalue weighted by atomic mass is 32.1. The van der Waals surface area contributed by atoms with Crippen molar-refractivity contribution in [3.05, 3.63) is 40.7 Å². The van der Waals surface area contributed by atoms with E-state index in [0.29, 0.717) is 6.42 Å². The minimum Gasteiger partial charge on any atom is -0.389 e. The Balaban J connectivity index is 2.18. The van der Waals surface area contributed by atoms with Gasteiger partial charge in [-0.05, 0) is 12.3 Å². The van der Waals surface area contributed by atoms with Crippen LogP contribution in [0.15, 0.2) is 35.7 Å². The molecular formula is C16H21NOS. The molecule has 0 bridgehead atoms. The third-order valence-corrected chi connectivity index (χ3v) is 4.61. The van der Waals surface area contributed by atoms with E-state index in [1.54, 1.807) is 11.3 Å². The van der Waals surface area contributed by atoms with Crippen molar-refractivity contribution in [1.29, 1.82) is 0 Å². The number of hydrogen-bond donors (Lipinski definition) is 1. The van der Waals surface area contributed by atoms with Crippen LogP contribution in [0.2, 0.25) is 0 Å². The van der Waals surface area contributed by atoms with Gasteiger partial charge in [-0.3, -0.25) is 0 Å². The Hall–Kier alpha value is -1.19. The molecule has 1 N–H and O–H groups in total. The highest BCUT2D eigenvalue weighted by molar-refractivity contribution is 7.09. The molecular weight excluding hydrogens is 254 g/mol. The summed E-state index contributed by atoms with van der Waals surface area (Å²) in [6.07, 6.45) is 1.39. The molecule has 2 nitrogen and oxygen atoms in total. The van der Waals surface area contributed by atoms with Crippen molar-refractivity contribution in [3.8, 4) is 11.3 Å². The highest BCUT2D eigenvalue weighted by Crippen LogP contribution is 2.29. The molecule has 3 heteroatoms. The van der Waals surface area contributed by atoms with Gasteiger partial charge in [0.2, 0.25) is 0 Å². The average molecular weight is 275 g/mol. The van der Waals surface area contributed by atoms with E-state index in [1.165, 1.54) is 0 Å². The molecule has 0 fully saturated rings. The minimum atomic E-state index is -0.647. The van der Waals surface area contributed by atoms with Gasteiger partial charge in [-0.15, -0.1) is 11.3 Å². The van der Waals surface area contributed by atoms with Gasteiger partial charge in [0.15, 0.2) is 0 Å². The smallest absolute Gasteiger partial charge is 0.0961 e. The first-order valence-corrected chi connectivity index (χ1v) is 7.65.